The molecule has 0 saturated carbocycles. The molecular formula is C16H19N3O3S. The molecule has 0 spiro atoms. The molecule has 6 nitrogen and oxygen atoms in total. The number of rotatable bonds is 4. The van der Waals surface area contributed by atoms with Crippen LogP contribution in [0.1, 0.15) is 19.8 Å². The largest absolute Gasteiger partial charge is 0.508 e. The fraction of sp³-hybridized carbons (Fsp3) is 0.438. The van der Waals surface area contributed by atoms with Crippen molar-refractivity contribution in [3.8, 4) is 17.2 Å². The van der Waals surface area contributed by atoms with Crippen molar-refractivity contribution in [3.05, 3.63) is 24.3 Å². The van der Waals surface area contributed by atoms with Crippen LogP contribution in [0.3, 0.4) is 0 Å². The Labute approximate surface area is 138 Å². The summed E-state index contributed by atoms with van der Waals surface area (Å²) in [4.78, 5) is 14.1. The summed E-state index contributed by atoms with van der Waals surface area (Å²) >= 11 is 1.26. The van der Waals surface area contributed by atoms with E-state index in [1.54, 1.807) is 24.3 Å². The van der Waals surface area contributed by atoms with Crippen molar-refractivity contribution in [1.82, 2.24) is 15.1 Å². The van der Waals surface area contributed by atoms with E-state index in [9.17, 15) is 9.90 Å². The van der Waals surface area contributed by atoms with Crippen LogP contribution in [0.4, 0.5) is 0 Å². The zero-order chi connectivity index (χ0) is 16.2. The van der Waals surface area contributed by atoms with Crippen molar-refractivity contribution in [2.45, 2.75) is 25.0 Å². The Morgan fingerprint density at radius 3 is 2.91 bits per heavy atom. The predicted octanol–water partition coefficient (Wildman–Crippen LogP) is 2.79. The lowest BCUT2D eigenvalue weighted by molar-refractivity contribution is -0.130. The number of nitrogens with zero attached hydrogens (tertiary/aromatic N) is 3. The van der Waals surface area contributed by atoms with Gasteiger partial charge in [-0.15, -0.1) is 10.2 Å². The minimum atomic E-state index is 0.117. The number of thioether (sulfide) groups is 1. The summed E-state index contributed by atoms with van der Waals surface area (Å²) in [5.41, 5.74) is 0.735. The monoisotopic (exact) mass is 333 g/mol. The van der Waals surface area contributed by atoms with Gasteiger partial charge in [-0.2, -0.15) is 0 Å². The van der Waals surface area contributed by atoms with Gasteiger partial charge in [0.25, 0.3) is 5.22 Å². The number of benzene rings is 1. The van der Waals surface area contributed by atoms with Gasteiger partial charge < -0.3 is 14.4 Å². The second-order valence-corrected chi connectivity index (χ2v) is 6.72. The van der Waals surface area contributed by atoms with Crippen LogP contribution in [0, 0.1) is 5.92 Å². The van der Waals surface area contributed by atoms with Crippen molar-refractivity contribution >= 4 is 17.7 Å². The van der Waals surface area contributed by atoms with Crippen LogP contribution in [-0.2, 0) is 4.79 Å². The third-order valence-electron chi connectivity index (χ3n) is 3.85. The molecule has 2 aromatic rings. The molecule has 1 N–H and O–H groups in total. The number of carbonyl (C=O) groups is 1. The van der Waals surface area contributed by atoms with Gasteiger partial charge in [0.2, 0.25) is 11.8 Å². The van der Waals surface area contributed by atoms with Gasteiger partial charge in [0.05, 0.1) is 5.75 Å². The second-order valence-electron chi connectivity index (χ2n) is 5.80. The molecule has 1 aliphatic heterocycles. The van der Waals surface area contributed by atoms with E-state index in [0.717, 1.165) is 25.1 Å². The van der Waals surface area contributed by atoms with E-state index in [2.05, 4.69) is 17.1 Å². The third-order valence-corrected chi connectivity index (χ3v) is 4.65. The number of aromatic hydroxyl groups is 1. The fourth-order valence-corrected chi connectivity index (χ4v) is 3.29. The number of phenols is 1. The number of hydrogen-bond acceptors (Lipinski definition) is 6. The lowest BCUT2D eigenvalue weighted by atomic mass is 10.0. The Bertz CT molecular complexity index is 671. The number of hydrogen-bond donors (Lipinski definition) is 1. The number of phenolic OH excluding ortho intramolecular Hbond substituents is 1. The molecule has 7 heteroatoms. The summed E-state index contributed by atoms with van der Waals surface area (Å²) in [6.45, 7) is 3.85. The summed E-state index contributed by atoms with van der Waals surface area (Å²) in [7, 11) is 0. The van der Waals surface area contributed by atoms with E-state index in [-0.39, 0.29) is 11.7 Å². The molecule has 1 saturated heterocycles. The van der Waals surface area contributed by atoms with Gasteiger partial charge in [0, 0.05) is 18.7 Å². The first-order valence-corrected chi connectivity index (χ1v) is 8.64. The molecular weight excluding hydrogens is 314 g/mol. The van der Waals surface area contributed by atoms with Gasteiger partial charge in [-0.05, 0) is 43.0 Å². The summed E-state index contributed by atoms with van der Waals surface area (Å²) in [6.07, 6.45) is 2.26. The summed E-state index contributed by atoms with van der Waals surface area (Å²) in [6, 6.07) is 6.54. The van der Waals surface area contributed by atoms with E-state index in [0.29, 0.717) is 22.8 Å². The molecule has 3 rings (SSSR count). The minimum Gasteiger partial charge on any atom is -0.508 e. The topological polar surface area (TPSA) is 79.5 Å². The molecule has 122 valence electrons. The van der Waals surface area contributed by atoms with Crippen LogP contribution in [0.15, 0.2) is 33.9 Å². The number of carbonyl (C=O) groups excluding carboxylic acids is 1. The van der Waals surface area contributed by atoms with Gasteiger partial charge in [-0.1, -0.05) is 18.7 Å². The average Bonchev–Trinajstić information content (AvgIpc) is 3.02. The van der Waals surface area contributed by atoms with E-state index < -0.39 is 0 Å². The smallest absolute Gasteiger partial charge is 0.277 e. The number of piperidine rings is 1. The average molecular weight is 333 g/mol. The van der Waals surface area contributed by atoms with Crippen LogP contribution in [-0.4, -0.2) is 45.0 Å². The molecule has 1 atom stereocenters. The van der Waals surface area contributed by atoms with Crippen LogP contribution in [0.2, 0.25) is 0 Å². The van der Waals surface area contributed by atoms with E-state index in [1.165, 1.54) is 18.2 Å². The lowest BCUT2D eigenvalue weighted by Crippen LogP contribution is -2.40. The van der Waals surface area contributed by atoms with Crippen LogP contribution in [0.25, 0.3) is 11.5 Å². The Morgan fingerprint density at radius 2 is 2.17 bits per heavy atom. The maximum absolute atomic E-state index is 12.2. The lowest BCUT2D eigenvalue weighted by Gasteiger charge is -2.30. The highest BCUT2D eigenvalue weighted by atomic mass is 32.2. The SMILES string of the molecule is CC1CCCN(C(=O)CSc2nnc(-c3ccc(O)cc3)o2)C1. The highest BCUT2D eigenvalue weighted by Gasteiger charge is 2.21. The molecule has 1 fully saturated rings. The molecule has 2 heterocycles. The van der Waals surface area contributed by atoms with Gasteiger partial charge in [-0.3, -0.25) is 4.79 Å². The molecule has 0 bridgehead atoms. The van der Waals surface area contributed by atoms with Crippen molar-refractivity contribution in [1.29, 1.82) is 0 Å². The van der Waals surface area contributed by atoms with Crippen molar-refractivity contribution in [2.24, 2.45) is 5.92 Å². The molecule has 0 radical (unpaired) electrons. The summed E-state index contributed by atoms with van der Waals surface area (Å²) in [5, 5.41) is 17.6. The van der Waals surface area contributed by atoms with E-state index >= 15 is 0 Å². The van der Waals surface area contributed by atoms with Crippen LogP contribution >= 0.6 is 11.8 Å². The normalized spacial score (nSPS) is 18.1. The quantitative estimate of drug-likeness (QED) is 0.867. The van der Waals surface area contributed by atoms with Crippen LogP contribution in [0.5, 0.6) is 5.75 Å². The standard InChI is InChI=1S/C16H19N3O3S/c1-11-3-2-8-19(9-11)14(21)10-23-16-18-17-15(22-16)12-4-6-13(20)7-5-12/h4-7,11,20H,2-3,8-10H2,1H3. The predicted molar refractivity (Wildman–Crippen MR) is 87.1 cm³/mol. The Balaban J connectivity index is 1.56. The van der Waals surface area contributed by atoms with Gasteiger partial charge in [0.1, 0.15) is 5.75 Å². The van der Waals surface area contributed by atoms with Crippen molar-refractivity contribution in [3.63, 3.8) is 0 Å². The van der Waals surface area contributed by atoms with Gasteiger partial charge in [-0.25, -0.2) is 0 Å². The molecule has 23 heavy (non-hydrogen) atoms. The molecule has 1 unspecified atom stereocenters. The molecule has 0 aliphatic carbocycles. The van der Waals surface area contributed by atoms with E-state index in [1.807, 2.05) is 4.90 Å². The third kappa shape index (κ3) is 4.04. The number of likely N-dealkylation sites (tertiary alicyclic amines) is 1. The Morgan fingerprint density at radius 1 is 1.39 bits per heavy atom. The number of aromatic nitrogens is 2. The van der Waals surface area contributed by atoms with E-state index in [4.69, 9.17) is 4.42 Å². The summed E-state index contributed by atoms with van der Waals surface area (Å²) in [5.74, 6) is 1.56. The first-order valence-electron chi connectivity index (χ1n) is 7.65. The highest BCUT2D eigenvalue weighted by molar-refractivity contribution is 7.99. The van der Waals surface area contributed by atoms with Crippen LogP contribution < -0.4 is 0 Å². The molecule has 1 amide bonds. The zero-order valence-corrected chi connectivity index (χ0v) is 13.8. The maximum atomic E-state index is 12.2. The minimum absolute atomic E-state index is 0.117. The summed E-state index contributed by atoms with van der Waals surface area (Å²) < 4.78 is 5.56. The number of amides is 1. The first-order chi connectivity index (χ1) is 11.1. The molecule has 1 aromatic carbocycles. The fourth-order valence-electron chi connectivity index (χ4n) is 2.62. The zero-order valence-electron chi connectivity index (χ0n) is 12.9. The van der Waals surface area contributed by atoms with Crippen molar-refractivity contribution < 1.29 is 14.3 Å². The molecule has 1 aliphatic rings. The van der Waals surface area contributed by atoms with Gasteiger partial charge in [0.15, 0.2) is 0 Å². The van der Waals surface area contributed by atoms with Crippen molar-refractivity contribution in [2.75, 3.05) is 18.8 Å². The Kier molecular flexibility index (Phi) is 4.85. The molecule has 1 aromatic heterocycles. The second kappa shape index (κ2) is 7.04. The first kappa shape index (κ1) is 15.9. The van der Waals surface area contributed by atoms with Gasteiger partial charge >= 0.3 is 0 Å². The highest BCUT2D eigenvalue weighted by Crippen LogP contribution is 2.25. The Hall–Kier alpha value is -2.02. The maximum Gasteiger partial charge on any atom is 0.277 e.